The lowest BCUT2D eigenvalue weighted by molar-refractivity contribution is 0.0561. The molecule has 1 saturated heterocycles. The van der Waals surface area contributed by atoms with Crippen molar-refractivity contribution in [1.82, 2.24) is 20.0 Å². The van der Waals surface area contributed by atoms with Crippen molar-refractivity contribution in [3.8, 4) is 11.4 Å². The van der Waals surface area contributed by atoms with Gasteiger partial charge in [0.05, 0.1) is 0 Å². The summed E-state index contributed by atoms with van der Waals surface area (Å²) < 4.78 is 5.48. The SMILES string of the molecule is O=C(O)c1cc(C(=O)N2CCCCC2c2nc(-c3ccccc3)no2)ccn1. The van der Waals surface area contributed by atoms with Crippen LogP contribution in [0, 0.1) is 0 Å². The quantitative estimate of drug-likeness (QED) is 0.742. The molecule has 1 unspecified atom stereocenters. The number of pyridine rings is 1. The van der Waals surface area contributed by atoms with Crippen LogP contribution in [0.25, 0.3) is 11.4 Å². The molecule has 0 aliphatic carbocycles. The van der Waals surface area contributed by atoms with Crippen molar-refractivity contribution < 1.29 is 19.2 Å². The summed E-state index contributed by atoms with van der Waals surface area (Å²) in [7, 11) is 0. The molecule has 1 aromatic carbocycles. The number of hydrogen-bond acceptors (Lipinski definition) is 6. The second-order valence-corrected chi connectivity index (χ2v) is 6.57. The van der Waals surface area contributed by atoms with Crippen molar-refractivity contribution in [2.75, 3.05) is 6.54 Å². The Morgan fingerprint density at radius 2 is 1.96 bits per heavy atom. The number of piperidine rings is 1. The monoisotopic (exact) mass is 378 g/mol. The van der Waals surface area contributed by atoms with E-state index < -0.39 is 5.97 Å². The number of amides is 1. The Kier molecular flexibility index (Phi) is 4.84. The Balaban J connectivity index is 1.62. The number of aromatic nitrogens is 3. The van der Waals surface area contributed by atoms with Crippen LogP contribution < -0.4 is 0 Å². The average Bonchev–Trinajstić information content (AvgIpc) is 3.24. The summed E-state index contributed by atoms with van der Waals surface area (Å²) in [4.78, 5) is 34.1. The van der Waals surface area contributed by atoms with Crippen molar-refractivity contribution in [3.05, 3.63) is 65.8 Å². The molecule has 0 saturated carbocycles. The Morgan fingerprint density at radius 3 is 2.75 bits per heavy atom. The van der Waals surface area contributed by atoms with Gasteiger partial charge in [0.2, 0.25) is 11.7 Å². The van der Waals surface area contributed by atoms with E-state index in [-0.39, 0.29) is 23.2 Å². The van der Waals surface area contributed by atoms with Crippen molar-refractivity contribution in [2.45, 2.75) is 25.3 Å². The van der Waals surface area contributed by atoms with E-state index in [4.69, 9.17) is 9.63 Å². The summed E-state index contributed by atoms with van der Waals surface area (Å²) in [6.07, 6.45) is 3.84. The molecule has 1 fully saturated rings. The summed E-state index contributed by atoms with van der Waals surface area (Å²) in [5.74, 6) is -0.576. The Labute approximate surface area is 160 Å². The van der Waals surface area contributed by atoms with Gasteiger partial charge in [0.15, 0.2) is 0 Å². The summed E-state index contributed by atoms with van der Waals surface area (Å²) in [5.41, 5.74) is 0.956. The van der Waals surface area contributed by atoms with Crippen LogP contribution in [0.4, 0.5) is 0 Å². The van der Waals surface area contributed by atoms with Crippen LogP contribution in [0.15, 0.2) is 53.2 Å². The second kappa shape index (κ2) is 7.59. The minimum atomic E-state index is -1.17. The minimum absolute atomic E-state index is 0.163. The summed E-state index contributed by atoms with van der Waals surface area (Å²) in [5, 5.41) is 13.2. The van der Waals surface area contributed by atoms with Gasteiger partial charge in [0, 0.05) is 23.9 Å². The molecule has 28 heavy (non-hydrogen) atoms. The van der Waals surface area contributed by atoms with Gasteiger partial charge in [-0.05, 0) is 31.4 Å². The fourth-order valence-electron chi connectivity index (χ4n) is 3.35. The maximum atomic E-state index is 13.1. The number of carboxylic acids is 1. The Bertz CT molecular complexity index is 1000. The third kappa shape index (κ3) is 3.48. The van der Waals surface area contributed by atoms with Gasteiger partial charge in [-0.1, -0.05) is 35.5 Å². The first kappa shape index (κ1) is 17.8. The van der Waals surface area contributed by atoms with E-state index in [0.717, 1.165) is 18.4 Å². The van der Waals surface area contributed by atoms with Crippen LogP contribution in [0.3, 0.4) is 0 Å². The van der Waals surface area contributed by atoms with Crippen LogP contribution in [0.2, 0.25) is 0 Å². The number of rotatable bonds is 4. The summed E-state index contributed by atoms with van der Waals surface area (Å²) in [6.45, 7) is 0.539. The molecule has 1 amide bonds. The first-order valence-electron chi connectivity index (χ1n) is 9.03. The molecule has 1 atom stereocenters. The largest absolute Gasteiger partial charge is 0.477 e. The summed E-state index contributed by atoms with van der Waals surface area (Å²) >= 11 is 0. The predicted octanol–water partition coefficient (Wildman–Crippen LogP) is 3.20. The van der Waals surface area contributed by atoms with Gasteiger partial charge in [-0.2, -0.15) is 4.98 Å². The molecule has 8 heteroatoms. The molecule has 8 nitrogen and oxygen atoms in total. The lowest BCUT2D eigenvalue weighted by Gasteiger charge is -2.33. The van der Waals surface area contributed by atoms with Crippen molar-refractivity contribution in [3.63, 3.8) is 0 Å². The van der Waals surface area contributed by atoms with E-state index in [0.29, 0.717) is 24.7 Å². The zero-order valence-corrected chi connectivity index (χ0v) is 15.0. The van der Waals surface area contributed by atoms with E-state index in [2.05, 4.69) is 15.1 Å². The van der Waals surface area contributed by atoms with E-state index in [1.54, 1.807) is 4.90 Å². The van der Waals surface area contributed by atoms with Crippen LogP contribution in [-0.2, 0) is 0 Å². The van der Waals surface area contributed by atoms with Crippen molar-refractivity contribution in [1.29, 1.82) is 0 Å². The highest BCUT2D eigenvalue weighted by Crippen LogP contribution is 2.32. The topological polar surface area (TPSA) is 109 Å². The lowest BCUT2D eigenvalue weighted by Crippen LogP contribution is -2.38. The molecule has 4 rings (SSSR count). The predicted molar refractivity (Wildman–Crippen MR) is 98.6 cm³/mol. The third-order valence-electron chi connectivity index (χ3n) is 4.75. The molecule has 1 aliphatic heterocycles. The van der Waals surface area contributed by atoms with Gasteiger partial charge < -0.3 is 14.5 Å². The van der Waals surface area contributed by atoms with Crippen LogP contribution in [0.5, 0.6) is 0 Å². The zero-order valence-electron chi connectivity index (χ0n) is 15.0. The molecule has 3 heterocycles. The van der Waals surface area contributed by atoms with E-state index in [9.17, 15) is 9.59 Å². The van der Waals surface area contributed by atoms with Gasteiger partial charge in [0.1, 0.15) is 11.7 Å². The molecule has 3 aromatic rings. The smallest absolute Gasteiger partial charge is 0.354 e. The molecular weight excluding hydrogens is 360 g/mol. The number of hydrogen-bond donors (Lipinski definition) is 1. The van der Waals surface area contributed by atoms with E-state index >= 15 is 0 Å². The second-order valence-electron chi connectivity index (χ2n) is 6.57. The lowest BCUT2D eigenvalue weighted by atomic mass is 10.0. The number of carbonyl (C=O) groups excluding carboxylic acids is 1. The van der Waals surface area contributed by atoms with Crippen molar-refractivity contribution in [2.24, 2.45) is 0 Å². The molecule has 142 valence electrons. The zero-order chi connectivity index (χ0) is 19.5. The Morgan fingerprint density at radius 1 is 1.14 bits per heavy atom. The number of likely N-dealkylation sites (tertiary alicyclic amines) is 1. The maximum absolute atomic E-state index is 13.1. The van der Waals surface area contributed by atoms with Gasteiger partial charge in [-0.3, -0.25) is 4.79 Å². The molecule has 0 bridgehead atoms. The highest BCUT2D eigenvalue weighted by atomic mass is 16.5. The van der Waals surface area contributed by atoms with E-state index in [1.807, 2.05) is 30.3 Å². The van der Waals surface area contributed by atoms with Crippen LogP contribution in [-0.4, -0.2) is 43.6 Å². The van der Waals surface area contributed by atoms with Crippen LogP contribution >= 0.6 is 0 Å². The Hall–Kier alpha value is -3.55. The van der Waals surface area contributed by atoms with Gasteiger partial charge >= 0.3 is 5.97 Å². The van der Waals surface area contributed by atoms with Gasteiger partial charge in [0.25, 0.3) is 5.91 Å². The fourth-order valence-corrected chi connectivity index (χ4v) is 3.35. The molecule has 0 spiro atoms. The molecule has 1 aliphatic rings. The minimum Gasteiger partial charge on any atom is -0.477 e. The average molecular weight is 378 g/mol. The molecular formula is C20H18N4O4. The maximum Gasteiger partial charge on any atom is 0.354 e. The molecule has 0 radical (unpaired) electrons. The highest BCUT2D eigenvalue weighted by Gasteiger charge is 2.33. The fraction of sp³-hybridized carbons (Fsp3) is 0.250. The number of carbonyl (C=O) groups is 2. The number of aromatic carboxylic acids is 1. The first-order chi connectivity index (χ1) is 13.6. The molecule has 2 aromatic heterocycles. The normalized spacial score (nSPS) is 16.7. The van der Waals surface area contributed by atoms with E-state index in [1.165, 1.54) is 18.3 Å². The van der Waals surface area contributed by atoms with Gasteiger partial charge in [-0.15, -0.1) is 0 Å². The first-order valence-corrected chi connectivity index (χ1v) is 9.03. The third-order valence-corrected chi connectivity index (χ3v) is 4.75. The number of benzene rings is 1. The number of carboxylic acid groups (broad SMARTS) is 1. The highest BCUT2D eigenvalue weighted by molar-refractivity contribution is 5.96. The van der Waals surface area contributed by atoms with Gasteiger partial charge in [-0.25, -0.2) is 9.78 Å². The standard InChI is InChI=1S/C20H18N4O4/c25-19(14-9-10-21-15(12-14)20(26)27)24-11-5-4-8-16(24)18-22-17(23-28-18)13-6-2-1-3-7-13/h1-3,6-7,9-10,12,16H,4-5,8,11H2,(H,26,27). The van der Waals surface area contributed by atoms with Crippen molar-refractivity contribution >= 4 is 11.9 Å². The summed E-state index contributed by atoms with van der Waals surface area (Å²) in [6, 6.07) is 11.9. The number of nitrogens with zero attached hydrogens (tertiary/aromatic N) is 4. The van der Waals surface area contributed by atoms with Crippen LogP contribution in [0.1, 0.15) is 52.0 Å². The molecule has 1 N–H and O–H groups in total.